The largest absolute Gasteiger partial charge is 0.497 e. The number of benzene rings is 2. The third kappa shape index (κ3) is 3.76. The van der Waals surface area contributed by atoms with Crippen molar-refractivity contribution < 1.29 is 14.3 Å². The molecule has 7 nitrogen and oxygen atoms in total. The minimum absolute atomic E-state index is 0.0424. The van der Waals surface area contributed by atoms with Crippen molar-refractivity contribution in [1.82, 2.24) is 10.2 Å². The molecule has 0 fully saturated rings. The third-order valence-corrected chi connectivity index (χ3v) is 6.61. The van der Waals surface area contributed by atoms with Crippen LogP contribution < -0.4 is 15.0 Å². The monoisotopic (exact) mass is 472 g/mol. The lowest BCUT2D eigenvalue weighted by atomic mass is 9.99. The molecule has 0 spiro atoms. The first-order valence-electron chi connectivity index (χ1n) is 11.0. The van der Waals surface area contributed by atoms with Crippen molar-refractivity contribution in [2.75, 3.05) is 17.3 Å². The number of H-pyrrole nitrogens is 1. The number of carbonyl (C=O) groups excluding carboxylic acids is 2. The summed E-state index contributed by atoms with van der Waals surface area (Å²) in [5.74, 6) is 0.0860. The van der Waals surface area contributed by atoms with E-state index in [1.165, 1.54) is 0 Å². The second-order valence-electron chi connectivity index (χ2n) is 8.41. The minimum Gasteiger partial charge on any atom is -0.497 e. The van der Waals surface area contributed by atoms with E-state index in [-0.39, 0.29) is 17.7 Å². The van der Waals surface area contributed by atoms with Crippen LogP contribution in [0.15, 0.2) is 65.4 Å². The maximum Gasteiger partial charge on any atom is 0.277 e. The van der Waals surface area contributed by atoms with Gasteiger partial charge in [-0.3, -0.25) is 19.6 Å². The standard InChI is InChI=1S/C26H24N4O3S/c1-15(2)22-21-23(29-28-22)26(32)30(19-9-7-16(8-10-19)17-11-12-34-14-17)24(21)25(31)27-18-5-4-6-20(13-18)33-3/h4-15,24H,1-3H3,(H,27,31)(H,28,29). The highest BCUT2D eigenvalue weighted by Crippen LogP contribution is 2.41. The van der Waals surface area contributed by atoms with Crippen LogP contribution in [0.3, 0.4) is 0 Å². The number of nitrogens with zero attached hydrogens (tertiary/aromatic N) is 2. The lowest BCUT2D eigenvalue weighted by Gasteiger charge is -2.26. The van der Waals surface area contributed by atoms with Crippen molar-refractivity contribution in [3.63, 3.8) is 0 Å². The minimum atomic E-state index is -0.850. The molecule has 8 heteroatoms. The maximum atomic E-state index is 13.6. The van der Waals surface area contributed by atoms with Crippen LogP contribution in [0.25, 0.3) is 11.1 Å². The fourth-order valence-electron chi connectivity index (χ4n) is 4.28. The number of aromatic amines is 1. The fraction of sp³-hybridized carbons (Fsp3) is 0.192. The van der Waals surface area contributed by atoms with Crippen LogP contribution in [-0.4, -0.2) is 29.1 Å². The van der Waals surface area contributed by atoms with Crippen molar-refractivity contribution >= 4 is 34.5 Å². The topological polar surface area (TPSA) is 87.3 Å². The Balaban J connectivity index is 1.54. The van der Waals surface area contributed by atoms with Crippen LogP contribution in [0.4, 0.5) is 11.4 Å². The molecule has 2 aromatic carbocycles. The maximum absolute atomic E-state index is 13.6. The average molecular weight is 473 g/mol. The molecule has 4 aromatic rings. The summed E-state index contributed by atoms with van der Waals surface area (Å²) in [6.07, 6.45) is 0. The smallest absolute Gasteiger partial charge is 0.277 e. The summed E-state index contributed by atoms with van der Waals surface area (Å²) in [7, 11) is 1.57. The number of aromatic nitrogens is 2. The van der Waals surface area contributed by atoms with Gasteiger partial charge in [0.05, 0.1) is 12.8 Å². The van der Waals surface area contributed by atoms with E-state index in [0.717, 1.165) is 11.1 Å². The highest BCUT2D eigenvalue weighted by molar-refractivity contribution is 7.08. The zero-order valence-corrected chi connectivity index (χ0v) is 19.8. The van der Waals surface area contributed by atoms with Crippen LogP contribution in [0.5, 0.6) is 5.75 Å². The highest BCUT2D eigenvalue weighted by atomic mass is 32.1. The van der Waals surface area contributed by atoms with Crippen LogP contribution in [0.1, 0.15) is 47.6 Å². The number of ether oxygens (including phenoxy) is 1. The molecular weight excluding hydrogens is 448 g/mol. The van der Waals surface area contributed by atoms with Crippen LogP contribution in [-0.2, 0) is 4.79 Å². The summed E-state index contributed by atoms with van der Waals surface area (Å²) in [4.78, 5) is 28.7. The molecule has 0 saturated carbocycles. The average Bonchev–Trinajstić information content (AvgIpc) is 3.57. The number of hydrogen-bond acceptors (Lipinski definition) is 5. The number of rotatable bonds is 6. The van der Waals surface area contributed by atoms with Crippen molar-refractivity contribution in [2.45, 2.75) is 25.8 Å². The SMILES string of the molecule is COc1cccc(NC(=O)C2c3c(C(C)C)n[nH]c3C(=O)N2c2ccc(-c3ccsc3)cc2)c1. The quantitative estimate of drug-likeness (QED) is 0.382. The molecule has 0 radical (unpaired) electrons. The van der Waals surface area contributed by atoms with Gasteiger partial charge in [-0.1, -0.05) is 32.0 Å². The van der Waals surface area contributed by atoms with Gasteiger partial charge in [0.2, 0.25) is 0 Å². The Morgan fingerprint density at radius 1 is 1.15 bits per heavy atom. The van der Waals surface area contributed by atoms with Crippen LogP contribution in [0, 0.1) is 0 Å². The first kappa shape index (κ1) is 21.9. The van der Waals surface area contributed by atoms with Crippen molar-refractivity contribution in [3.05, 3.63) is 82.3 Å². The summed E-state index contributed by atoms with van der Waals surface area (Å²) >= 11 is 1.63. The van der Waals surface area contributed by atoms with E-state index in [1.807, 2.05) is 43.5 Å². The predicted molar refractivity (Wildman–Crippen MR) is 134 cm³/mol. The Hall–Kier alpha value is -3.91. The molecule has 3 heterocycles. The molecule has 2 aromatic heterocycles. The fourth-order valence-corrected chi connectivity index (χ4v) is 4.95. The molecule has 5 rings (SSSR count). The molecule has 2 amide bonds. The van der Waals surface area contributed by atoms with E-state index < -0.39 is 6.04 Å². The summed E-state index contributed by atoms with van der Waals surface area (Å²) < 4.78 is 5.28. The Morgan fingerprint density at radius 3 is 2.62 bits per heavy atom. The normalized spacial score (nSPS) is 15.0. The lowest BCUT2D eigenvalue weighted by molar-refractivity contribution is -0.117. The van der Waals surface area contributed by atoms with Gasteiger partial charge in [-0.25, -0.2) is 0 Å². The number of anilines is 2. The molecule has 172 valence electrons. The summed E-state index contributed by atoms with van der Waals surface area (Å²) in [5.41, 5.74) is 5.11. The molecule has 34 heavy (non-hydrogen) atoms. The predicted octanol–water partition coefficient (Wildman–Crippen LogP) is 5.61. The third-order valence-electron chi connectivity index (χ3n) is 5.93. The number of carbonyl (C=O) groups is 2. The van der Waals surface area contributed by atoms with E-state index in [4.69, 9.17) is 4.74 Å². The number of methoxy groups -OCH3 is 1. The molecule has 1 unspecified atom stereocenters. The van der Waals surface area contributed by atoms with E-state index >= 15 is 0 Å². The van der Waals surface area contributed by atoms with Crippen molar-refractivity contribution in [1.29, 1.82) is 0 Å². The van der Waals surface area contributed by atoms with Gasteiger partial charge >= 0.3 is 0 Å². The molecule has 0 saturated heterocycles. The van der Waals surface area contributed by atoms with Crippen LogP contribution in [0.2, 0.25) is 0 Å². The Kier molecular flexibility index (Phi) is 5.67. The van der Waals surface area contributed by atoms with Gasteiger partial charge in [-0.15, -0.1) is 0 Å². The second kappa shape index (κ2) is 8.79. The molecule has 1 aliphatic heterocycles. The molecule has 1 atom stereocenters. The van der Waals surface area contributed by atoms with E-state index in [1.54, 1.807) is 47.6 Å². The number of thiophene rings is 1. The van der Waals surface area contributed by atoms with Gasteiger partial charge in [0, 0.05) is 23.0 Å². The van der Waals surface area contributed by atoms with E-state index in [9.17, 15) is 9.59 Å². The van der Waals surface area contributed by atoms with Gasteiger partial charge in [0.25, 0.3) is 11.8 Å². The van der Waals surface area contributed by atoms with Gasteiger partial charge in [0.15, 0.2) is 0 Å². The van der Waals surface area contributed by atoms with E-state index in [2.05, 4.69) is 27.0 Å². The molecule has 2 N–H and O–H groups in total. The number of nitrogens with one attached hydrogen (secondary N) is 2. The molecule has 0 aliphatic carbocycles. The summed E-state index contributed by atoms with van der Waals surface area (Å²) in [5, 5.41) is 14.3. The Bertz CT molecular complexity index is 1340. The van der Waals surface area contributed by atoms with Crippen molar-refractivity contribution in [3.8, 4) is 16.9 Å². The summed E-state index contributed by atoms with van der Waals surface area (Å²) in [6, 6.07) is 16.0. The Morgan fingerprint density at radius 2 is 1.94 bits per heavy atom. The zero-order valence-electron chi connectivity index (χ0n) is 19.0. The van der Waals surface area contributed by atoms with Gasteiger partial charge in [0.1, 0.15) is 17.5 Å². The van der Waals surface area contributed by atoms with Crippen LogP contribution >= 0.6 is 11.3 Å². The first-order valence-corrected chi connectivity index (χ1v) is 11.9. The Labute approximate surface area is 201 Å². The highest BCUT2D eigenvalue weighted by Gasteiger charge is 2.46. The van der Waals surface area contributed by atoms with E-state index in [0.29, 0.717) is 34.1 Å². The van der Waals surface area contributed by atoms with Crippen molar-refractivity contribution in [2.24, 2.45) is 0 Å². The summed E-state index contributed by atoms with van der Waals surface area (Å²) in [6.45, 7) is 3.99. The zero-order chi connectivity index (χ0) is 23.8. The van der Waals surface area contributed by atoms with Gasteiger partial charge in [-0.05, 0) is 58.1 Å². The number of fused-ring (bicyclic) bond motifs is 1. The lowest BCUT2D eigenvalue weighted by Crippen LogP contribution is -2.36. The first-order chi connectivity index (χ1) is 16.5. The molecule has 0 bridgehead atoms. The molecular formula is C26H24N4O3S. The molecule has 1 aliphatic rings. The van der Waals surface area contributed by atoms with Gasteiger partial charge in [-0.2, -0.15) is 16.4 Å². The number of hydrogen-bond donors (Lipinski definition) is 2. The second-order valence-corrected chi connectivity index (χ2v) is 9.19. The van der Waals surface area contributed by atoms with Gasteiger partial charge < -0.3 is 10.1 Å². The number of amides is 2.